The van der Waals surface area contributed by atoms with E-state index in [0.29, 0.717) is 19.0 Å². The highest BCUT2D eigenvalue weighted by Gasteiger charge is 2.36. The Morgan fingerprint density at radius 1 is 1.37 bits per heavy atom. The van der Waals surface area contributed by atoms with Crippen LogP contribution in [0.1, 0.15) is 22.3 Å². The number of carbonyl (C=O) groups is 1. The lowest BCUT2D eigenvalue weighted by Gasteiger charge is -2.17. The zero-order chi connectivity index (χ0) is 14.2. The quantitative estimate of drug-likeness (QED) is 0.798. The van der Waals surface area contributed by atoms with Crippen LogP contribution in [0.5, 0.6) is 0 Å². The zero-order valence-corrected chi connectivity index (χ0v) is 9.88. The lowest BCUT2D eigenvalue weighted by molar-refractivity contribution is -0.140. The van der Waals surface area contributed by atoms with Gasteiger partial charge in [-0.25, -0.2) is 4.39 Å². The van der Waals surface area contributed by atoms with E-state index in [-0.39, 0.29) is 12.6 Å². The molecule has 1 aliphatic rings. The van der Waals surface area contributed by atoms with Gasteiger partial charge >= 0.3 is 6.18 Å². The number of hydrogen-bond acceptors (Lipinski definition) is 2. The molecule has 1 heterocycles. The van der Waals surface area contributed by atoms with Gasteiger partial charge in [-0.05, 0) is 18.6 Å². The molecule has 1 aromatic carbocycles. The molecule has 0 aromatic heterocycles. The molecule has 0 radical (unpaired) electrons. The Bertz CT molecular complexity index is 501. The fourth-order valence-electron chi connectivity index (χ4n) is 2.06. The van der Waals surface area contributed by atoms with Crippen molar-refractivity contribution in [3.05, 3.63) is 35.1 Å². The van der Waals surface area contributed by atoms with Crippen molar-refractivity contribution in [1.82, 2.24) is 4.90 Å². The van der Waals surface area contributed by atoms with E-state index in [1.165, 1.54) is 4.90 Å². The second-order valence-corrected chi connectivity index (χ2v) is 4.46. The first-order valence-electron chi connectivity index (χ1n) is 5.71. The summed E-state index contributed by atoms with van der Waals surface area (Å²) in [7, 11) is 0. The van der Waals surface area contributed by atoms with Gasteiger partial charge in [0.05, 0.1) is 11.1 Å². The predicted molar refractivity (Wildman–Crippen MR) is 59.9 cm³/mol. The molecule has 0 bridgehead atoms. The molecule has 0 saturated carbocycles. The van der Waals surface area contributed by atoms with Gasteiger partial charge in [-0.1, -0.05) is 6.07 Å². The van der Waals surface area contributed by atoms with Crippen LogP contribution in [0.4, 0.5) is 17.6 Å². The topological polar surface area (TPSA) is 46.3 Å². The van der Waals surface area contributed by atoms with Crippen LogP contribution in [0.2, 0.25) is 0 Å². The summed E-state index contributed by atoms with van der Waals surface area (Å²) in [6.45, 7) is 0.560. The Kier molecular flexibility index (Phi) is 3.49. The number of amides is 1. The number of rotatable bonds is 1. The van der Waals surface area contributed by atoms with Gasteiger partial charge in [0.1, 0.15) is 5.82 Å². The number of nitrogens with zero attached hydrogens (tertiary/aromatic N) is 1. The third-order valence-corrected chi connectivity index (χ3v) is 3.05. The maximum Gasteiger partial charge on any atom is 0.419 e. The molecule has 3 nitrogen and oxygen atoms in total. The predicted octanol–water partition coefficient (Wildman–Crippen LogP) is 2.02. The second-order valence-electron chi connectivity index (χ2n) is 4.46. The molecule has 1 atom stereocenters. The van der Waals surface area contributed by atoms with E-state index in [4.69, 9.17) is 5.73 Å². The van der Waals surface area contributed by atoms with Crippen LogP contribution in [0.25, 0.3) is 0 Å². The van der Waals surface area contributed by atoms with Crippen LogP contribution in [0.3, 0.4) is 0 Å². The highest BCUT2D eigenvalue weighted by Crippen LogP contribution is 2.32. The van der Waals surface area contributed by atoms with Crippen molar-refractivity contribution >= 4 is 5.91 Å². The first-order chi connectivity index (χ1) is 8.80. The number of likely N-dealkylation sites (tertiary alicyclic amines) is 1. The van der Waals surface area contributed by atoms with Crippen LogP contribution in [-0.2, 0) is 6.18 Å². The zero-order valence-electron chi connectivity index (χ0n) is 9.88. The van der Waals surface area contributed by atoms with Gasteiger partial charge in [-0.3, -0.25) is 4.79 Å². The maximum atomic E-state index is 13.8. The van der Waals surface area contributed by atoms with Crippen molar-refractivity contribution in [3.63, 3.8) is 0 Å². The summed E-state index contributed by atoms with van der Waals surface area (Å²) < 4.78 is 51.4. The van der Waals surface area contributed by atoms with E-state index in [1.54, 1.807) is 0 Å². The molecule has 1 amide bonds. The Morgan fingerprint density at radius 2 is 2.05 bits per heavy atom. The molecule has 0 spiro atoms. The Balaban J connectivity index is 2.33. The van der Waals surface area contributed by atoms with E-state index < -0.39 is 29.0 Å². The highest BCUT2D eigenvalue weighted by atomic mass is 19.4. The average Bonchev–Trinajstić information content (AvgIpc) is 2.74. The van der Waals surface area contributed by atoms with Crippen molar-refractivity contribution in [1.29, 1.82) is 0 Å². The van der Waals surface area contributed by atoms with Gasteiger partial charge in [-0.15, -0.1) is 0 Å². The smallest absolute Gasteiger partial charge is 0.337 e. The van der Waals surface area contributed by atoms with E-state index in [1.807, 2.05) is 0 Å². The third-order valence-electron chi connectivity index (χ3n) is 3.05. The summed E-state index contributed by atoms with van der Waals surface area (Å²) in [6.07, 6.45) is -4.26. The van der Waals surface area contributed by atoms with Crippen molar-refractivity contribution in [2.45, 2.75) is 18.6 Å². The summed E-state index contributed by atoms with van der Waals surface area (Å²) in [4.78, 5) is 13.2. The largest absolute Gasteiger partial charge is 0.419 e. The molecular weight excluding hydrogens is 264 g/mol. The molecular formula is C12H12F4N2O. The van der Waals surface area contributed by atoms with Crippen molar-refractivity contribution in [3.8, 4) is 0 Å². The summed E-state index contributed by atoms with van der Waals surface area (Å²) in [5.74, 6) is -2.28. The summed E-state index contributed by atoms with van der Waals surface area (Å²) in [5, 5.41) is 0. The number of nitrogens with two attached hydrogens (primary N) is 1. The summed E-state index contributed by atoms with van der Waals surface area (Å²) >= 11 is 0. The molecule has 19 heavy (non-hydrogen) atoms. The summed E-state index contributed by atoms with van der Waals surface area (Å²) in [6, 6.07) is 2.48. The standard InChI is InChI=1S/C12H12F4N2O/c13-10-8(2-1-3-9(10)12(14,15)16)11(19)18-5-4-7(17)6-18/h1-3,7H,4-6,17H2. The third kappa shape index (κ3) is 2.70. The minimum Gasteiger partial charge on any atom is -0.337 e. The molecule has 1 aromatic rings. The van der Waals surface area contributed by atoms with Gasteiger partial charge in [0.15, 0.2) is 0 Å². The Labute approximate surface area is 107 Å². The van der Waals surface area contributed by atoms with Gasteiger partial charge in [-0.2, -0.15) is 13.2 Å². The maximum absolute atomic E-state index is 13.8. The van der Waals surface area contributed by atoms with Crippen LogP contribution in [-0.4, -0.2) is 29.9 Å². The van der Waals surface area contributed by atoms with Gasteiger partial charge < -0.3 is 10.6 Å². The molecule has 1 aliphatic heterocycles. The van der Waals surface area contributed by atoms with Crippen molar-refractivity contribution in [2.24, 2.45) is 5.73 Å². The van der Waals surface area contributed by atoms with E-state index >= 15 is 0 Å². The number of carbonyl (C=O) groups excluding carboxylic acids is 1. The molecule has 1 saturated heterocycles. The molecule has 104 valence electrons. The average molecular weight is 276 g/mol. The monoisotopic (exact) mass is 276 g/mol. The van der Waals surface area contributed by atoms with Crippen LogP contribution < -0.4 is 5.73 Å². The Morgan fingerprint density at radius 3 is 2.58 bits per heavy atom. The van der Waals surface area contributed by atoms with Crippen LogP contribution in [0.15, 0.2) is 18.2 Å². The fraction of sp³-hybridized carbons (Fsp3) is 0.417. The van der Waals surface area contributed by atoms with Gasteiger partial charge in [0, 0.05) is 19.1 Å². The number of halogens is 4. The molecule has 1 fully saturated rings. The second kappa shape index (κ2) is 4.80. The minimum absolute atomic E-state index is 0.210. The number of benzene rings is 1. The molecule has 1 unspecified atom stereocenters. The fourth-order valence-corrected chi connectivity index (χ4v) is 2.06. The first-order valence-corrected chi connectivity index (χ1v) is 5.71. The minimum atomic E-state index is -4.82. The van der Waals surface area contributed by atoms with Gasteiger partial charge in [0.2, 0.25) is 0 Å². The molecule has 2 rings (SSSR count). The van der Waals surface area contributed by atoms with Gasteiger partial charge in [0.25, 0.3) is 5.91 Å². The normalized spacial score (nSPS) is 19.8. The summed E-state index contributed by atoms with van der Waals surface area (Å²) in [5.41, 5.74) is 3.62. The Hall–Kier alpha value is -1.63. The van der Waals surface area contributed by atoms with Crippen LogP contribution in [0, 0.1) is 5.82 Å². The molecule has 0 aliphatic carbocycles. The van der Waals surface area contributed by atoms with Crippen molar-refractivity contribution < 1.29 is 22.4 Å². The molecule has 2 N–H and O–H groups in total. The number of alkyl halides is 3. The van der Waals surface area contributed by atoms with E-state index in [2.05, 4.69) is 0 Å². The highest BCUT2D eigenvalue weighted by molar-refractivity contribution is 5.95. The van der Waals surface area contributed by atoms with E-state index in [9.17, 15) is 22.4 Å². The first kappa shape index (κ1) is 13.8. The number of hydrogen-bond donors (Lipinski definition) is 1. The van der Waals surface area contributed by atoms with Crippen LogP contribution >= 0.6 is 0 Å². The lowest BCUT2D eigenvalue weighted by Crippen LogP contribution is -2.32. The molecule has 7 heteroatoms. The van der Waals surface area contributed by atoms with E-state index in [0.717, 1.165) is 12.1 Å². The SMILES string of the molecule is NC1CCN(C(=O)c2cccc(C(F)(F)F)c2F)C1. The lowest BCUT2D eigenvalue weighted by atomic mass is 10.1. The van der Waals surface area contributed by atoms with Crippen molar-refractivity contribution in [2.75, 3.05) is 13.1 Å².